The third-order valence-corrected chi connectivity index (χ3v) is 8.61. The third-order valence-electron chi connectivity index (χ3n) is 7.42. The van der Waals surface area contributed by atoms with Crippen LogP contribution in [0.3, 0.4) is 0 Å². The number of anilines is 2. The Bertz CT molecular complexity index is 1490. The number of aryl methyl sites for hydroxylation is 1. The standard InChI is InChI=1S/C26H41N5O6S.C7H8/c1-17-13-19(17)9-10-31(11-12-35-7)23-15-20(14-22(29-23)30(6)38(8,33)34)24-27-16-21(36-24)18(2)28-25(32)37-26(3,4)5;1-7-5-3-2-4-6-7/h14-19H,9-13H2,1-8H3,(H,28,32);2-6H,1H3. The predicted molar refractivity (Wildman–Crippen MR) is 178 cm³/mol. The van der Waals surface area contributed by atoms with Gasteiger partial charge in [-0.3, -0.25) is 4.31 Å². The molecule has 4 rings (SSSR count). The number of pyridine rings is 1. The van der Waals surface area contributed by atoms with Crippen molar-refractivity contribution in [1.29, 1.82) is 0 Å². The normalized spacial score (nSPS) is 16.6. The molecular weight excluding hydrogens is 594 g/mol. The fourth-order valence-electron chi connectivity index (χ4n) is 4.49. The van der Waals surface area contributed by atoms with E-state index in [4.69, 9.17) is 13.9 Å². The lowest BCUT2D eigenvalue weighted by molar-refractivity contribution is 0.0502. The van der Waals surface area contributed by atoms with Crippen molar-refractivity contribution in [2.75, 3.05) is 49.3 Å². The maximum Gasteiger partial charge on any atom is 0.408 e. The van der Waals surface area contributed by atoms with Gasteiger partial charge in [-0.2, -0.15) is 0 Å². The van der Waals surface area contributed by atoms with Gasteiger partial charge in [0.05, 0.1) is 25.1 Å². The molecule has 3 aromatic rings. The number of ether oxygens (including phenoxy) is 2. The highest BCUT2D eigenvalue weighted by molar-refractivity contribution is 7.92. The van der Waals surface area contributed by atoms with E-state index in [1.807, 2.05) is 24.3 Å². The second-order valence-electron chi connectivity index (χ2n) is 12.6. The van der Waals surface area contributed by atoms with Gasteiger partial charge >= 0.3 is 6.09 Å². The zero-order chi connectivity index (χ0) is 33.4. The van der Waals surface area contributed by atoms with Crippen LogP contribution in [0.15, 0.2) is 53.1 Å². The first kappa shape index (κ1) is 35.8. The lowest BCUT2D eigenvalue weighted by atomic mass is 10.2. The highest BCUT2D eigenvalue weighted by atomic mass is 32.2. The van der Waals surface area contributed by atoms with Crippen molar-refractivity contribution in [2.24, 2.45) is 11.8 Å². The van der Waals surface area contributed by atoms with Crippen LogP contribution >= 0.6 is 0 Å². The third kappa shape index (κ3) is 11.7. The molecule has 0 radical (unpaired) electrons. The molecule has 45 heavy (non-hydrogen) atoms. The lowest BCUT2D eigenvalue weighted by Gasteiger charge is -2.26. The summed E-state index contributed by atoms with van der Waals surface area (Å²) >= 11 is 0. The molecule has 2 aromatic heterocycles. The average molecular weight is 644 g/mol. The van der Waals surface area contributed by atoms with Gasteiger partial charge in [0.15, 0.2) is 0 Å². The first-order chi connectivity index (χ1) is 21.1. The molecule has 248 valence electrons. The Balaban J connectivity index is 0.000000693. The van der Waals surface area contributed by atoms with Crippen molar-refractivity contribution in [1.82, 2.24) is 15.3 Å². The number of aromatic nitrogens is 2. The van der Waals surface area contributed by atoms with Gasteiger partial charge in [-0.05, 0) is 71.4 Å². The molecule has 0 saturated heterocycles. The van der Waals surface area contributed by atoms with E-state index >= 15 is 0 Å². The maximum absolute atomic E-state index is 12.3. The molecular formula is C33H49N5O6S. The number of hydrogen-bond donors (Lipinski definition) is 1. The van der Waals surface area contributed by atoms with Crippen molar-refractivity contribution < 1.29 is 27.1 Å². The summed E-state index contributed by atoms with van der Waals surface area (Å²) in [5.41, 5.74) is 1.26. The zero-order valence-electron chi connectivity index (χ0n) is 28.0. The van der Waals surface area contributed by atoms with E-state index in [9.17, 15) is 13.2 Å². The van der Waals surface area contributed by atoms with E-state index in [-0.39, 0.29) is 11.7 Å². The van der Waals surface area contributed by atoms with Crippen LogP contribution in [0, 0.1) is 18.8 Å². The molecule has 12 heteroatoms. The van der Waals surface area contributed by atoms with Crippen LogP contribution in [-0.4, -0.2) is 70.2 Å². The second kappa shape index (κ2) is 15.6. The van der Waals surface area contributed by atoms with Gasteiger partial charge in [-0.15, -0.1) is 0 Å². The quantitative estimate of drug-likeness (QED) is 0.245. The second-order valence-corrected chi connectivity index (χ2v) is 14.6. The van der Waals surface area contributed by atoms with Crippen molar-refractivity contribution in [3.63, 3.8) is 0 Å². The van der Waals surface area contributed by atoms with Crippen LogP contribution in [-0.2, 0) is 19.5 Å². The highest BCUT2D eigenvalue weighted by Gasteiger charge is 2.32. The number of hydrogen-bond acceptors (Lipinski definition) is 9. The van der Waals surface area contributed by atoms with E-state index < -0.39 is 27.8 Å². The number of rotatable bonds is 12. The summed E-state index contributed by atoms with van der Waals surface area (Å²) < 4.78 is 42.5. The van der Waals surface area contributed by atoms with Gasteiger partial charge in [0.1, 0.15) is 23.0 Å². The molecule has 1 aromatic carbocycles. The number of sulfonamides is 1. The first-order valence-corrected chi connectivity index (χ1v) is 17.1. The fourth-order valence-corrected chi connectivity index (χ4v) is 4.93. The molecule has 2 heterocycles. The number of methoxy groups -OCH3 is 1. The van der Waals surface area contributed by atoms with Crippen molar-refractivity contribution in [2.45, 2.75) is 66.0 Å². The van der Waals surface area contributed by atoms with E-state index in [0.29, 0.717) is 36.2 Å². The summed E-state index contributed by atoms with van der Waals surface area (Å²) in [6, 6.07) is 13.2. The maximum atomic E-state index is 12.3. The molecule has 0 aliphatic heterocycles. The number of nitrogens with zero attached hydrogens (tertiary/aromatic N) is 4. The molecule has 1 amide bonds. The number of nitrogens with one attached hydrogen (secondary N) is 1. The molecule has 0 bridgehead atoms. The molecule has 1 saturated carbocycles. The van der Waals surface area contributed by atoms with Crippen LogP contribution in [0.25, 0.3) is 11.5 Å². The van der Waals surface area contributed by atoms with E-state index in [1.54, 1.807) is 40.9 Å². The number of carbonyl (C=O) groups is 1. The Morgan fingerprint density at radius 2 is 1.80 bits per heavy atom. The van der Waals surface area contributed by atoms with Gasteiger partial charge in [0.25, 0.3) is 0 Å². The highest BCUT2D eigenvalue weighted by Crippen LogP contribution is 2.41. The summed E-state index contributed by atoms with van der Waals surface area (Å²) in [5, 5.41) is 2.74. The molecule has 11 nitrogen and oxygen atoms in total. The van der Waals surface area contributed by atoms with Gasteiger partial charge in [-0.25, -0.2) is 23.2 Å². The Labute approximate surface area is 268 Å². The fraction of sp³-hybridized carbons (Fsp3) is 0.545. The summed E-state index contributed by atoms with van der Waals surface area (Å²) in [6.07, 6.45) is 4.35. The number of alkyl carbamates (subject to hydrolysis) is 1. The summed E-state index contributed by atoms with van der Waals surface area (Å²) in [5.74, 6) is 3.00. The van der Waals surface area contributed by atoms with Gasteiger partial charge in [-0.1, -0.05) is 42.8 Å². The number of carbonyl (C=O) groups excluding carboxylic acids is 1. The Kier molecular flexibility index (Phi) is 12.4. The van der Waals surface area contributed by atoms with Gasteiger partial charge < -0.3 is 24.1 Å². The molecule has 1 N–H and O–H groups in total. The smallest absolute Gasteiger partial charge is 0.408 e. The molecule has 1 aliphatic rings. The monoisotopic (exact) mass is 643 g/mol. The minimum Gasteiger partial charge on any atom is -0.444 e. The number of benzene rings is 1. The van der Waals surface area contributed by atoms with Crippen molar-refractivity contribution in [3.8, 4) is 11.5 Å². The number of amides is 1. The van der Waals surface area contributed by atoms with E-state index in [0.717, 1.165) is 29.4 Å². The summed E-state index contributed by atoms with van der Waals surface area (Å²) in [6.45, 7) is 13.3. The van der Waals surface area contributed by atoms with Crippen LogP contribution in [0.1, 0.15) is 64.8 Å². The van der Waals surface area contributed by atoms with E-state index in [2.05, 4.69) is 46.2 Å². The molecule has 3 unspecified atom stereocenters. The van der Waals surface area contributed by atoms with Crippen LogP contribution in [0.5, 0.6) is 0 Å². The zero-order valence-corrected chi connectivity index (χ0v) is 28.8. The summed E-state index contributed by atoms with van der Waals surface area (Å²) in [4.78, 5) is 23.4. The molecule has 1 fully saturated rings. The summed E-state index contributed by atoms with van der Waals surface area (Å²) in [7, 11) is -0.449. The SMILES string of the molecule is COCCN(CCC1CC1C)c1cc(-c2ncc(C(C)NC(=O)OC(C)(C)C)o2)cc(N(C)S(C)(=O)=O)n1.Cc1ccccc1. The Hall–Kier alpha value is -3.64. The Morgan fingerprint density at radius 1 is 1.16 bits per heavy atom. The van der Waals surface area contributed by atoms with E-state index in [1.165, 1.54) is 25.2 Å². The minimum atomic E-state index is -3.56. The number of oxazole rings is 1. The van der Waals surface area contributed by atoms with Gasteiger partial charge in [0.2, 0.25) is 15.9 Å². The van der Waals surface area contributed by atoms with Gasteiger partial charge in [0, 0.05) is 32.8 Å². The van der Waals surface area contributed by atoms with Crippen LogP contribution in [0.2, 0.25) is 0 Å². The van der Waals surface area contributed by atoms with Crippen LogP contribution in [0.4, 0.5) is 16.4 Å². The topological polar surface area (TPSA) is 127 Å². The lowest BCUT2D eigenvalue weighted by Crippen LogP contribution is -2.33. The largest absolute Gasteiger partial charge is 0.444 e. The predicted octanol–water partition coefficient (Wildman–Crippen LogP) is 6.21. The molecule has 3 atom stereocenters. The Morgan fingerprint density at radius 3 is 2.33 bits per heavy atom. The van der Waals surface area contributed by atoms with Crippen molar-refractivity contribution in [3.05, 3.63) is 60.0 Å². The average Bonchev–Trinajstić information content (AvgIpc) is 3.44. The molecule has 1 aliphatic carbocycles. The van der Waals surface area contributed by atoms with Crippen molar-refractivity contribution >= 4 is 27.8 Å². The first-order valence-electron chi connectivity index (χ1n) is 15.2. The molecule has 0 spiro atoms. The minimum absolute atomic E-state index is 0.252. The van der Waals surface area contributed by atoms with Crippen LogP contribution < -0.4 is 14.5 Å².